The molecule has 0 aliphatic carbocycles. The monoisotopic (exact) mass is 379 g/mol. The highest BCUT2D eigenvalue weighted by Crippen LogP contribution is 2.33. The van der Waals surface area contributed by atoms with Crippen LogP contribution in [0.25, 0.3) is 11.8 Å². The highest BCUT2D eigenvalue weighted by Gasteiger charge is 2.23. The molecule has 2 heterocycles. The third kappa shape index (κ3) is 2.29. The zero-order valence-corrected chi connectivity index (χ0v) is 14.4. The van der Waals surface area contributed by atoms with E-state index in [1.54, 1.807) is 10.6 Å². The maximum absolute atomic E-state index is 10.5. The third-order valence-corrected chi connectivity index (χ3v) is 4.52. The van der Waals surface area contributed by atoms with Crippen molar-refractivity contribution in [3.63, 3.8) is 0 Å². The van der Waals surface area contributed by atoms with Gasteiger partial charge in [-0.05, 0) is 24.3 Å². The second kappa shape index (κ2) is 5.76. The topological polar surface area (TPSA) is 50.4 Å². The fourth-order valence-corrected chi connectivity index (χ4v) is 3.30. The minimum absolute atomic E-state index is 0.0908. The van der Waals surface area contributed by atoms with E-state index in [0.717, 1.165) is 27.0 Å². The van der Waals surface area contributed by atoms with Crippen LogP contribution in [0.1, 0.15) is 22.6 Å². The highest BCUT2D eigenvalue weighted by molar-refractivity contribution is 9.10. The average molecular weight is 380 g/mol. The van der Waals surface area contributed by atoms with Gasteiger partial charge in [0.15, 0.2) is 0 Å². The van der Waals surface area contributed by atoms with E-state index in [1.807, 2.05) is 48.5 Å². The molecule has 0 unspecified atom stereocenters. The molecule has 0 atom stereocenters. The van der Waals surface area contributed by atoms with E-state index in [1.165, 1.54) is 0 Å². The number of rotatable bonds is 2. The van der Waals surface area contributed by atoms with Crippen molar-refractivity contribution < 1.29 is 5.11 Å². The number of benzene rings is 2. The lowest BCUT2D eigenvalue weighted by molar-refractivity contribution is 0.439. The van der Waals surface area contributed by atoms with Crippen molar-refractivity contribution in [2.45, 2.75) is 6.54 Å². The third-order valence-electron chi connectivity index (χ3n) is 4.02. The first-order valence-corrected chi connectivity index (χ1v) is 8.31. The van der Waals surface area contributed by atoms with Crippen LogP contribution in [0.2, 0.25) is 0 Å². The van der Waals surface area contributed by atoms with Crippen LogP contribution in [0.15, 0.2) is 64.6 Å². The molecule has 4 nitrogen and oxygen atoms in total. The van der Waals surface area contributed by atoms with Gasteiger partial charge >= 0.3 is 0 Å². The smallest absolute Gasteiger partial charge is 0.223 e. The number of hydrogen-bond acceptors (Lipinski definition) is 3. The Labute approximate surface area is 148 Å². The summed E-state index contributed by atoms with van der Waals surface area (Å²) in [6.45, 7) is 4.10. The lowest BCUT2D eigenvalue weighted by Crippen LogP contribution is -2.07. The molecule has 4 rings (SSSR count). The van der Waals surface area contributed by atoms with Gasteiger partial charge in [-0.2, -0.15) is 0 Å². The number of fused-ring (bicyclic) bond motifs is 3. The van der Waals surface area contributed by atoms with Crippen LogP contribution in [0.4, 0.5) is 0 Å². The molecule has 0 saturated heterocycles. The van der Waals surface area contributed by atoms with Crippen molar-refractivity contribution in [1.82, 2.24) is 9.55 Å². The summed E-state index contributed by atoms with van der Waals surface area (Å²) in [5, 5.41) is 10.5. The molecule has 1 aromatic heterocycles. The Bertz CT molecular complexity index is 974. The van der Waals surface area contributed by atoms with Gasteiger partial charge in [0.1, 0.15) is 11.5 Å². The first-order chi connectivity index (χ1) is 11.7. The zero-order chi connectivity index (χ0) is 16.7. The summed E-state index contributed by atoms with van der Waals surface area (Å²) >= 11 is 3.53. The van der Waals surface area contributed by atoms with Crippen LogP contribution in [0, 0.1) is 0 Å². The normalized spacial score (nSPS) is 12.8. The number of aromatic hydroxyl groups is 1. The van der Waals surface area contributed by atoms with Gasteiger partial charge in [0.05, 0.1) is 17.9 Å². The summed E-state index contributed by atoms with van der Waals surface area (Å²) in [6, 6.07) is 16.0. The number of halogens is 1. The lowest BCUT2D eigenvalue weighted by Gasteiger charge is -2.13. The summed E-state index contributed by atoms with van der Waals surface area (Å²) in [6.07, 6.45) is 1.55. The molecule has 0 radical (unpaired) electrons. The SMILES string of the molecule is C=Cc1nc2n(c1O)-c1ccc(Br)cc1C(c1ccccc1)=NC2. The van der Waals surface area contributed by atoms with Crippen molar-refractivity contribution in [3.05, 3.63) is 82.2 Å². The fourth-order valence-electron chi connectivity index (χ4n) is 2.94. The number of imidazole rings is 1. The summed E-state index contributed by atoms with van der Waals surface area (Å²) in [5.41, 5.74) is 4.18. The van der Waals surface area contributed by atoms with Gasteiger partial charge in [0, 0.05) is 15.6 Å². The second-order valence-electron chi connectivity index (χ2n) is 5.47. The molecular weight excluding hydrogens is 366 g/mol. The molecule has 0 amide bonds. The van der Waals surface area contributed by atoms with Crippen LogP contribution < -0.4 is 0 Å². The Balaban J connectivity index is 2.02. The highest BCUT2D eigenvalue weighted by atomic mass is 79.9. The van der Waals surface area contributed by atoms with Gasteiger partial charge in [-0.1, -0.05) is 52.8 Å². The van der Waals surface area contributed by atoms with Crippen LogP contribution in [-0.4, -0.2) is 20.4 Å². The minimum Gasteiger partial charge on any atom is -0.493 e. The molecule has 0 bridgehead atoms. The first-order valence-electron chi connectivity index (χ1n) is 7.52. The van der Waals surface area contributed by atoms with Gasteiger partial charge in [0.2, 0.25) is 5.88 Å². The summed E-state index contributed by atoms with van der Waals surface area (Å²) < 4.78 is 2.70. The first kappa shape index (κ1) is 14.9. The molecule has 2 aromatic carbocycles. The van der Waals surface area contributed by atoms with Crippen LogP contribution in [0.5, 0.6) is 5.88 Å². The second-order valence-corrected chi connectivity index (χ2v) is 6.38. The van der Waals surface area contributed by atoms with Crippen molar-refractivity contribution in [2.24, 2.45) is 4.99 Å². The molecule has 24 heavy (non-hydrogen) atoms. The van der Waals surface area contributed by atoms with Gasteiger partial charge in [0.25, 0.3) is 0 Å². The van der Waals surface area contributed by atoms with Crippen molar-refractivity contribution in [2.75, 3.05) is 0 Å². The minimum atomic E-state index is 0.0908. The van der Waals surface area contributed by atoms with Crippen LogP contribution in [-0.2, 0) is 6.54 Å². The lowest BCUT2D eigenvalue weighted by atomic mass is 10.0. The molecule has 3 aromatic rings. The number of hydrogen-bond donors (Lipinski definition) is 1. The molecule has 0 saturated carbocycles. The molecule has 5 heteroatoms. The predicted molar refractivity (Wildman–Crippen MR) is 98.8 cm³/mol. The predicted octanol–water partition coefficient (Wildman–Crippen LogP) is 4.33. The quantitative estimate of drug-likeness (QED) is 0.719. The molecule has 1 N–H and O–H groups in total. The fraction of sp³-hybridized carbons (Fsp3) is 0.0526. The van der Waals surface area contributed by atoms with E-state index in [9.17, 15) is 5.11 Å². The van der Waals surface area contributed by atoms with Gasteiger partial charge in [-0.3, -0.25) is 9.56 Å². The van der Waals surface area contributed by atoms with Crippen LogP contribution >= 0.6 is 15.9 Å². The largest absolute Gasteiger partial charge is 0.493 e. The Morgan fingerprint density at radius 3 is 2.71 bits per heavy atom. The van der Waals surface area contributed by atoms with E-state index in [-0.39, 0.29) is 5.88 Å². The Morgan fingerprint density at radius 2 is 1.96 bits per heavy atom. The van der Waals surface area contributed by atoms with Gasteiger partial charge in [-0.15, -0.1) is 0 Å². The van der Waals surface area contributed by atoms with E-state index < -0.39 is 0 Å². The number of aliphatic imine (C=N–C) groups is 1. The zero-order valence-electron chi connectivity index (χ0n) is 12.8. The van der Waals surface area contributed by atoms with Crippen molar-refractivity contribution >= 4 is 27.7 Å². The summed E-state index contributed by atoms with van der Waals surface area (Å²) in [7, 11) is 0. The maximum Gasteiger partial charge on any atom is 0.223 e. The number of nitrogens with zero attached hydrogens (tertiary/aromatic N) is 3. The van der Waals surface area contributed by atoms with Crippen LogP contribution in [0.3, 0.4) is 0 Å². The van der Waals surface area contributed by atoms with E-state index in [2.05, 4.69) is 27.5 Å². The summed E-state index contributed by atoms with van der Waals surface area (Å²) in [4.78, 5) is 9.23. The Hall–Kier alpha value is -2.66. The molecule has 1 aliphatic rings. The Kier molecular flexibility index (Phi) is 3.58. The molecule has 0 spiro atoms. The number of aromatic nitrogens is 2. The standard InChI is InChI=1S/C19H14BrN3O/c1-2-15-19(24)23-16-9-8-13(20)10-14(16)18(21-11-17(23)22-15)12-6-4-3-5-7-12/h2-10,24H,1,11H2. The van der Waals surface area contributed by atoms with E-state index >= 15 is 0 Å². The average Bonchev–Trinajstić information content (AvgIpc) is 2.83. The molecule has 0 fully saturated rings. The Morgan fingerprint density at radius 1 is 1.17 bits per heavy atom. The van der Waals surface area contributed by atoms with Gasteiger partial charge in [-0.25, -0.2) is 4.98 Å². The van der Waals surface area contributed by atoms with E-state index in [0.29, 0.717) is 18.1 Å². The summed E-state index contributed by atoms with van der Waals surface area (Å²) in [5.74, 6) is 0.782. The van der Waals surface area contributed by atoms with Crippen molar-refractivity contribution in [3.8, 4) is 11.6 Å². The van der Waals surface area contributed by atoms with E-state index in [4.69, 9.17) is 4.99 Å². The molecule has 1 aliphatic heterocycles. The molecular formula is C19H14BrN3O. The maximum atomic E-state index is 10.5. The van der Waals surface area contributed by atoms with Gasteiger partial charge < -0.3 is 5.11 Å². The molecule has 118 valence electrons. The van der Waals surface area contributed by atoms with Crippen molar-refractivity contribution in [1.29, 1.82) is 0 Å².